The van der Waals surface area contributed by atoms with E-state index in [1.165, 1.54) is 12.1 Å². The summed E-state index contributed by atoms with van der Waals surface area (Å²) in [6.45, 7) is 8.23. The first kappa shape index (κ1) is 20.3. The minimum Gasteiger partial charge on any atom is -0.457 e. The largest absolute Gasteiger partial charge is 0.457 e. The second-order valence-corrected chi connectivity index (χ2v) is 7.25. The average molecular weight is 386 g/mol. The Bertz CT molecular complexity index is 756. The molecule has 0 aliphatic carbocycles. The molecule has 3 rings (SSSR count). The third-order valence-corrected chi connectivity index (χ3v) is 4.92. The fraction of sp³-hybridized carbons (Fsp3) is 0.409. The normalized spacial score (nSPS) is 16.0. The Labute approximate surface area is 165 Å². The van der Waals surface area contributed by atoms with E-state index in [0.29, 0.717) is 29.5 Å². The summed E-state index contributed by atoms with van der Waals surface area (Å²) in [6.07, 6.45) is 0. The highest BCUT2D eigenvalue weighted by Crippen LogP contribution is 2.22. The fourth-order valence-electron chi connectivity index (χ4n) is 3.31. The van der Waals surface area contributed by atoms with Gasteiger partial charge in [-0.15, -0.1) is 0 Å². The van der Waals surface area contributed by atoms with Gasteiger partial charge in [-0.05, 0) is 54.4 Å². The van der Waals surface area contributed by atoms with Crippen molar-refractivity contribution in [3.63, 3.8) is 0 Å². The van der Waals surface area contributed by atoms with Gasteiger partial charge in [-0.2, -0.15) is 0 Å². The molecule has 0 spiro atoms. The lowest BCUT2D eigenvalue weighted by molar-refractivity contribution is 0.00673. The topological polar surface area (TPSA) is 50.8 Å². The summed E-state index contributed by atoms with van der Waals surface area (Å²) in [7, 11) is 0. The number of hydrogen-bond acceptors (Lipinski definition) is 4. The van der Waals surface area contributed by atoms with Crippen molar-refractivity contribution in [2.24, 2.45) is 5.92 Å². The van der Waals surface area contributed by atoms with Crippen LogP contribution < -0.4 is 10.1 Å². The molecule has 5 nitrogen and oxygen atoms in total. The van der Waals surface area contributed by atoms with Gasteiger partial charge in [0.1, 0.15) is 17.3 Å². The van der Waals surface area contributed by atoms with E-state index < -0.39 is 0 Å². The Morgan fingerprint density at radius 1 is 1.07 bits per heavy atom. The lowest BCUT2D eigenvalue weighted by atomic mass is 10.0. The predicted molar refractivity (Wildman–Crippen MR) is 106 cm³/mol. The molecule has 2 aromatic rings. The van der Waals surface area contributed by atoms with Crippen LogP contribution in [0.2, 0.25) is 0 Å². The van der Waals surface area contributed by atoms with Gasteiger partial charge in [0.05, 0.1) is 13.2 Å². The number of benzene rings is 2. The molecular weight excluding hydrogens is 359 g/mol. The Hall–Kier alpha value is -2.44. The first-order valence-electron chi connectivity index (χ1n) is 9.66. The van der Waals surface area contributed by atoms with Gasteiger partial charge in [0.25, 0.3) is 5.91 Å². The first-order valence-corrected chi connectivity index (χ1v) is 9.66. The Morgan fingerprint density at radius 3 is 2.21 bits per heavy atom. The summed E-state index contributed by atoms with van der Waals surface area (Å²) in [6, 6.07) is 13.0. The first-order chi connectivity index (χ1) is 13.5. The number of halogens is 1. The molecule has 1 fully saturated rings. The molecule has 1 saturated heterocycles. The minimum atomic E-state index is -0.309. The standard InChI is InChI=1S/C22H27FN2O3/c1-16(2)21(25-11-13-27-14-12-25)15-24-22(26)17-3-7-19(8-4-17)28-20-9-5-18(23)6-10-20/h3-10,16,21H,11-15H2,1-2H3,(H,24,26)/t21-/m1/s1. The molecule has 6 heteroatoms. The van der Waals surface area contributed by atoms with Crippen LogP contribution in [-0.2, 0) is 4.74 Å². The maximum Gasteiger partial charge on any atom is 0.251 e. The molecule has 0 saturated carbocycles. The Kier molecular flexibility index (Phi) is 7.01. The van der Waals surface area contributed by atoms with Crippen molar-refractivity contribution >= 4 is 5.91 Å². The highest BCUT2D eigenvalue weighted by molar-refractivity contribution is 5.94. The molecule has 1 aliphatic heterocycles. The molecule has 0 aromatic heterocycles. The second-order valence-electron chi connectivity index (χ2n) is 7.25. The number of rotatable bonds is 7. The molecule has 1 heterocycles. The molecule has 0 radical (unpaired) electrons. The van der Waals surface area contributed by atoms with Crippen molar-refractivity contribution in [1.29, 1.82) is 0 Å². The summed E-state index contributed by atoms with van der Waals surface area (Å²) in [4.78, 5) is 14.9. The summed E-state index contributed by atoms with van der Waals surface area (Å²) in [5.74, 6) is 1.16. The molecule has 28 heavy (non-hydrogen) atoms. The number of carbonyl (C=O) groups excluding carboxylic acids is 1. The van der Waals surface area contributed by atoms with Crippen LogP contribution in [0.15, 0.2) is 48.5 Å². The van der Waals surface area contributed by atoms with Gasteiger partial charge >= 0.3 is 0 Å². The van der Waals surface area contributed by atoms with Crippen LogP contribution in [0.4, 0.5) is 4.39 Å². The molecule has 1 amide bonds. The lowest BCUT2D eigenvalue weighted by Crippen LogP contribution is -2.51. The zero-order valence-electron chi connectivity index (χ0n) is 16.4. The van der Waals surface area contributed by atoms with Crippen LogP contribution in [0.5, 0.6) is 11.5 Å². The molecule has 150 valence electrons. The van der Waals surface area contributed by atoms with Crippen molar-refractivity contribution in [2.75, 3.05) is 32.8 Å². The van der Waals surface area contributed by atoms with Gasteiger partial charge < -0.3 is 14.8 Å². The van der Waals surface area contributed by atoms with Gasteiger partial charge in [0.15, 0.2) is 0 Å². The van der Waals surface area contributed by atoms with Crippen LogP contribution in [0, 0.1) is 11.7 Å². The van der Waals surface area contributed by atoms with E-state index in [9.17, 15) is 9.18 Å². The maximum absolute atomic E-state index is 13.0. The summed E-state index contributed by atoms with van der Waals surface area (Å²) < 4.78 is 24.0. The zero-order chi connectivity index (χ0) is 19.9. The summed E-state index contributed by atoms with van der Waals surface area (Å²) in [5.41, 5.74) is 0.580. The molecule has 2 aromatic carbocycles. The van der Waals surface area contributed by atoms with Crippen molar-refractivity contribution in [3.8, 4) is 11.5 Å². The molecule has 1 aliphatic rings. The SMILES string of the molecule is CC(C)[C@@H](CNC(=O)c1ccc(Oc2ccc(F)cc2)cc1)N1CCOCC1. The minimum absolute atomic E-state index is 0.104. The number of nitrogens with zero attached hydrogens (tertiary/aromatic N) is 1. The smallest absolute Gasteiger partial charge is 0.251 e. The number of hydrogen-bond donors (Lipinski definition) is 1. The zero-order valence-corrected chi connectivity index (χ0v) is 16.4. The van der Waals surface area contributed by atoms with Crippen molar-refractivity contribution in [3.05, 3.63) is 59.9 Å². The number of amides is 1. The van der Waals surface area contributed by atoms with Crippen LogP contribution in [0.1, 0.15) is 24.2 Å². The predicted octanol–water partition coefficient (Wildman–Crippen LogP) is 3.70. The van der Waals surface area contributed by atoms with E-state index in [4.69, 9.17) is 9.47 Å². The van der Waals surface area contributed by atoms with Crippen LogP contribution in [0.3, 0.4) is 0 Å². The van der Waals surface area contributed by atoms with Crippen molar-refractivity contribution in [1.82, 2.24) is 10.2 Å². The Balaban J connectivity index is 1.55. The number of ether oxygens (including phenoxy) is 2. The summed E-state index contributed by atoms with van der Waals surface area (Å²) in [5, 5.41) is 3.05. The third kappa shape index (κ3) is 5.53. The summed E-state index contributed by atoms with van der Waals surface area (Å²) >= 11 is 0. The molecular formula is C22H27FN2O3. The highest BCUT2D eigenvalue weighted by atomic mass is 19.1. The number of morpholine rings is 1. The molecule has 1 atom stereocenters. The van der Waals surface area contributed by atoms with Crippen molar-refractivity contribution < 1.29 is 18.7 Å². The van der Waals surface area contributed by atoms with E-state index in [1.807, 2.05) is 0 Å². The fourth-order valence-corrected chi connectivity index (χ4v) is 3.31. The average Bonchev–Trinajstić information content (AvgIpc) is 2.71. The number of carbonyl (C=O) groups is 1. The lowest BCUT2D eigenvalue weighted by Gasteiger charge is -2.36. The van der Waals surface area contributed by atoms with E-state index in [-0.39, 0.29) is 17.8 Å². The third-order valence-electron chi connectivity index (χ3n) is 4.92. The molecule has 1 N–H and O–H groups in total. The maximum atomic E-state index is 13.0. The van der Waals surface area contributed by atoms with E-state index in [1.54, 1.807) is 36.4 Å². The van der Waals surface area contributed by atoms with E-state index in [0.717, 1.165) is 26.3 Å². The van der Waals surface area contributed by atoms with Crippen LogP contribution >= 0.6 is 0 Å². The second kappa shape index (κ2) is 9.66. The van der Waals surface area contributed by atoms with Gasteiger partial charge in [-0.1, -0.05) is 13.8 Å². The van der Waals surface area contributed by atoms with E-state index in [2.05, 4.69) is 24.1 Å². The molecule has 0 unspecified atom stereocenters. The molecule has 0 bridgehead atoms. The van der Waals surface area contributed by atoms with Gasteiger partial charge in [-0.25, -0.2) is 4.39 Å². The monoisotopic (exact) mass is 386 g/mol. The van der Waals surface area contributed by atoms with Gasteiger partial charge in [0.2, 0.25) is 0 Å². The van der Waals surface area contributed by atoms with Crippen molar-refractivity contribution in [2.45, 2.75) is 19.9 Å². The quantitative estimate of drug-likeness (QED) is 0.788. The van der Waals surface area contributed by atoms with Crippen LogP contribution in [0.25, 0.3) is 0 Å². The Morgan fingerprint density at radius 2 is 1.64 bits per heavy atom. The van der Waals surface area contributed by atoms with Gasteiger partial charge in [-0.3, -0.25) is 9.69 Å². The van der Waals surface area contributed by atoms with Crippen LogP contribution in [-0.4, -0.2) is 49.7 Å². The van der Waals surface area contributed by atoms with E-state index >= 15 is 0 Å². The highest BCUT2D eigenvalue weighted by Gasteiger charge is 2.24. The van der Waals surface area contributed by atoms with Gasteiger partial charge in [0, 0.05) is 31.2 Å². The number of nitrogens with one attached hydrogen (secondary N) is 1.